The zero-order valence-corrected chi connectivity index (χ0v) is 11.8. The summed E-state index contributed by atoms with van der Waals surface area (Å²) in [6.07, 6.45) is 1.82. The van der Waals surface area contributed by atoms with E-state index in [-0.39, 0.29) is 24.4 Å². The Morgan fingerprint density at radius 2 is 2.09 bits per heavy atom. The summed E-state index contributed by atoms with van der Waals surface area (Å²) < 4.78 is 32.3. The Balaban J connectivity index is 1.67. The number of nitrogens with zero attached hydrogens (tertiary/aromatic N) is 3. The van der Waals surface area contributed by atoms with E-state index in [1.807, 2.05) is 0 Å². The van der Waals surface area contributed by atoms with Crippen LogP contribution in [0.1, 0.15) is 6.42 Å². The smallest absolute Gasteiger partial charge is 0.328 e. The van der Waals surface area contributed by atoms with Gasteiger partial charge in [-0.15, -0.1) is 5.10 Å². The molecule has 120 valence electrons. The van der Waals surface area contributed by atoms with Gasteiger partial charge in [0, 0.05) is 18.1 Å². The number of carbonyl (C=O) groups is 2. The molecule has 1 aliphatic rings. The van der Waals surface area contributed by atoms with Gasteiger partial charge in [0.2, 0.25) is 5.91 Å². The lowest BCUT2D eigenvalue weighted by Gasteiger charge is -2.08. The Hall–Kier alpha value is -2.84. The van der Waals surface area contributed by atoms with Crippen molar-refractivity contribution in [2.24, 2.45) is 0 Å². The maximum Gasteiger partial charge on any atom is 0.328 e. The average Bonchev–Trinajstić information content (AvgIpc) is 3.08. The van der Waals surface area contributed by atoms with Crippen LogP contribution in [0.4, 0.5) is 8.78 Å². The van der Waals surface area contributed by atoms with E-state index in [4.69, 9.17) is 4.74 Å². The molecule has 1 amide bonds. The summed E-state index contributed by atoms with van der Waals surface area (Å²) in [4.78, 5) is 23.1. The third-order valence-corrected chi connectivity index (χ3v) is 3.27. The number of amides is 1. The van der Waals surface area contributed by atoms with E-state index < -0.39 is 29.6 Å². The third kappa shape index (κ3) is 3.50. The van der Waals surface area contributed by atoms with E-state index in [2.05, 4.69) is 15.6 Å². The SMILES string of the molecule is O=C(Cn1cc(-c2cc(F)cc(F)c2)nn1)N[C@H]1CCOC1=O. The van der Waals surface area contributed by atoms with Gasteiger partial charge in [0.25, 0.3) is 0 Å². The number of hydrogen-bond acceptors (Lipinski definition) is 5. The highest BCUT2D eigenvalue weighted by molar-refractivity contribution is 5.85. The second-order valence-corrected chi connectivity index (χ2v) is 5.04. The van der Waals surface area contributed by atoms with Crippen LogP contribution in [0.5, 0.6) is 0 Å². The highest BCUT2D eigenvalue weighted by atomic mass is 19.1. The van der Waals surface area contributed by atoms with Gasteiger partial charge < -0.3 is 10.1 Å². The van der Waals surface area contributed by atoms with Gasteiger partial charge in [0.05, 0.1) is 12.8 Å². The number of aromatic nitrogens is 3. The molecule has 1 saturated heterocycles. The first-order valence-electron chi connectivity index (χ1n) is 6.84. The molecule has 0 saturated carbocycles. The number of esters is 1. The molecule has 2 heterocycles. The molecule has 0 spiro atoms. The minimum absolute atomic E-state index is 0.172. The van der Waals surface area contributed by atoms with Gasteiger partial charge in [0.15, 0.2) is 0 Å². The molecular formula is C14H12F2N4O3. The molecule has 3 rings (SSSR count). The predicted molar refractivity (Wildman–Crippen MR) is 72.9 cm³/mol. The molecule has 1 fully saturated rings. The van der Waals surface area contributed by atoms with E-state index in [1.165, 1.54) is 10.9 Å². The summed E-state index contributed by atoms with van der Waals surface area (Å²) in [6.45, 7) is 0.108. The fourth-order valence-electron chi connectivity index (χ4n) is 2.22. The molecule has 1 aromatic carbocycles. The Kier molecular flexibility index (Phi) is 4.00. The van der Waals surface area contributed by atoms with Gasteiger partial charge >= 0.3 is 5.97 Å². The average molecular weight is 322 g/mol. The fourth-order valence-corrected chi connectivity index (χ4v) is 2.22. The largest absolute Gasteiger partial charge is 0.464 e. The Labute approximate surface area is 129 Å². The van der Waals surface area contributed by atoms with E-state index >= 15 is 0 Å². The summed E-state index contributed by atoms with van der Waals surface area (Å²) in [5.41, 5.74) is 0.449. The Bertz CT molecular complexity index is 742. The molecule has 1 N–H and O–H groups in total. The summed E-state index contributed by atoms with van der Waals surface area (Å²) in [5, 5.41) is 10.0. The van der Waals surface area contributed by atoms with Crippen molar-refractivity contribution in [3.8, 4) is 11.3 Å². The second kappa shape index (κ2) is 6.11. The van der Waals surface area contributed by atoms with Gasteiger partial charge in [-0.25, -0.2) is 18.3 Å². The number of hydrogen-bond donors (Lipinski definition) is 1. The number of halogens is 2. The molecule has 9 heteroatoms. The Morgan fingerprint density at radius 1 is 1.35 bits per heavy atom. The van der Waals surface area contributed by atoms with Crippen molar-refractivity contribution < 1.29 is 23.1 Å². The van der Waals surface area contributed by atoms with Crippen molar-refractivity contribution in [1.29, 1.82) is 0 Å². The van der Waals surface area contributed by atoms with Crippen LogP contribution in [0.25, 0.3) is 11.3 Å². The first-order valence-corrected chi connectivity index (χ1v) is 6.84. The molecule has 2 aromatic rings. The highest BCUT2D eigenvalue weighted by Gasteiger charge is 2.27. The topological polar surface area (TPSA) is 86.1 Å². The van der Waals surface area contributed by atoms with Crippen molar-refractivity contribution in [3.63, 3.8) is 0 Å². The van der Waals surface area contributed by atoms with Crippen molar-refractivity contribution in [2.45, 2.75) is 19.0 Å². The van der Waals surface area contributed by atoms with Crippen molar-refractivity contribution >= 4 is 11.9 Å². The summed E-state index contributed by atoms with van der Waals surface area (Å²) >= 11 is 0. The van der Waals surface area contributed by atoms with E-state index in [0.29, 0.717) is 6.42 Å². The number of carbonyl (C=O) groups excluding carboxylic acids is 2. The van der Waals surface area contributed by atoms with Gasteiger partial charge in [0.1, 0.15) is 29.9 Å². The minimum atomic E-state index is -0.730. The van der Waals surface area contributed by atoms with Crippen molar-refractivity contribution in [2.75, 3.05) is 6.61 Å². The minimum Gasteiger partial charge on any atom is -0.464 e. The molecule has 0 aliphatic carbocycles. The van der Waals surface area contributed by atoms with Gasteiger partial charge in [-0.05, 0) is 12.1 Å². The first kappa shape index (κ1) is 15.1. The number of rotatable bonds is 4. The van der Waals surface area contributed by atoms with E-state index in [0.717, 1.165) is 18.2 Å². The molecule has 7 nitrogen and oxygen atoms in total. The van der Waals surface area contributed by atoms with Crippen LogP contribution in [0.3, 0.4) is 0 Å². The second-order valence-electron chi connectivity index (χ2n) is 5.04. The summed E-state index contributed by atoms with van der Waals surface area (Å²) in [5.74, 6) is -2.36. The molecule has 0 bridgehead atoms. The summed E-state index contributed by atoms with van der Waals surface area (Å²) in [7, 11) is 0. The highest BCUT2D eigenvalue weighted by Crippen LogP contribution is 2.19. The van der Waals surface area contributed by atoms with Gasteiger partial charge in [-0.3, -0.25) is 4.79 Å². The first-order chi connectivity index (χ1) is 11.0. The van der Waals surface area contributed by atoms with Gasteiger partial charge in [-0.2, -0.15) is 0 Å². The molecule has 0 radical (unpaired) electrons. The molecule has 23 heavy (non-hydrogen) atoms. The lowest BCUT2D eigenvalue weighted by Crippen LogP contribution is -2.39. The van der Waals surface area contributed by atoms with Crippen LogP contribution < -0.4 is 5.32 Å². The van der Waals surface area contributed by atoms with Crippen LogP contribution in [0.2, 0.25) is 0 Å². The van der Waals surface area contributed by atoms with Crippen molar-refractivity contribution in [3.05, 3.63) is 36.0 Å². The van der Waals surface area contributed by atoms with Crippen LogP contribution in [0, 0.1) is 11.6 Å². The number of nitrogens with one attached hydrogen (secondary N) is 1. The molecular weight excluding hydrogens is 310 g/mol. The molecule has 0 unspecified atom stereocenters. The normalized spacial score (nSPS) is 17.1. The van der Waals surface area contributed by atoms with E-state index in [1.54, 1.807) is 0 Å². The third-order valence-electron chi connectivity index (χ3n) is 3.27. The van der Waals surface area contributed by atoms with Gasteiger partial charge in [-0.1, -0.05) is 5.21 Å². The predicted octanol–water partition coefficient (Wildman–Crippen LogP) is 0.655. The number of cyclic esters (lactones) is 1. The lowest BCUT2D eigenvalue weighted by molar-refractivity contribution is -0.141. The van der Waals surface area contributed by atoms with Crippen LogP contribution in [-0.2, 0) is 20.9 Å². The monoisotopic (exact) mass is 322 g/mol. The number of benzene rings is 1. The zero-order chi connectivity index (χ0) is 16.4. The van der Waals surface area contributed by atoms with Crippen LogP contribution >= 0.6 is 0 Å². The van der Waals surface area contributed by atoms with Crippen LogP contribution in [-0.4, -0.2) is 39.5 Å². The maximum atomic E-state index is 13.2. The quantitative estimate of drug-likeness (QED) is 0.836. The lowest BCUT2D eigenvalue weighted by atomic mass is 10.1. The molecule has 1 aromatic heterocycles. The summed E-state index contributed by atoms with van der Waals surface area (Å²) in [6, 6.07) is 2.34. The van der Waals surface area contributed by atoms with Crippen LogP contribution in [0.15, 0.2) is 24.4 Å². The maximum absolute atomic E-state index is 13.2. The molecule has 1 aliphatic heterocycles. The van der Waals surface area contributed by atoms with Crippen molar-refractivity contribution in [1.82, 2.24) is 20.3 Å². The number of ether oxygens (including phenoxy) is 1. The fraction of sp³-hybridized carbons (Fsp3) is 0.286. The standard InChI is InChI=1S/C14H12F2N4O3/c15-9-3-8(4-10(16)5-9)12-6-20(19-18-12)7-13(21)17-11-1-2-23-14(11)22/h3-6,11H,1-2,7H2,(H,17,21)/t11-/m0/s1. The molecule has 1 atom stereocenters. The van der Waals surface area contributed by atoms with E-state index in [9.17, 15) is 18.4 Å². The zero-order valence-electron chi connectivity index (χ0n) is 11.8. The Morgan fingerprint density at radius 3 is 2.74 bits per heavy atom.